The minimum Gasteiger partial charge on any atom is -0.481 e. The summed E-state index contributed by atoms with van der Waals surface area (Å²) < 4.78 is 26.3. The van der Waals surface area contributed by atoms with E-state index in [0.717, 1.165) is 58.9 Å². The standard InChI is InChI=1S/C23H27N3O5S/c1-26(2)32(30,31)14-8-10-20-17(12-14)18(23(29)25-20)13-21-16(9-11-22(27)28)15-6-4-3-5-7-19(15)24-21/h8,10,12-13,24H,3-7,9,11H2,1-2H3,(H,25,29)(H,27,28)/b18-13-. The molecule has 2 aliphatic rings. The van der Waals surface area contributed by atoms with E-state index in [1.807, 2.05) is 0 Å². The number of aromatic nitrogens is 1. The van der Waals surface area contributed by atoms with Crippen molar-refractivity contribution in [3.05, 3.63) is 46.3 Å². The zero-order valence-electron chi connectivity index (χ0n) is 18.2. The van der Waals surface area contributed by atoms with Crippen molar-refractivity contribution < 1.29 is 23.1 Å². The molecule has 0 unspecified atom stereocenters. The molecule has 0 saturated heterocycles. The number of nitrogens with one attached hydrogen (secondary N) is 2. The first-order valence-electron chi connectivity index (χ1n) is 10.7. The first kappa shape index (κ1) is 22.3. The molecule has 0 saturated carbocycles. The van der Waals surface area contributed by atoms with Gasteiger partial charge >= 0.3 is 5.97 Å². The van der Waals surface area contributed by atoms with Gasteiger partial charge in [0.25, 0.3) is 5.91 Å². The van der Waals surface area contributed by atoms with Crippen LogP contribution < -0.4 is 5.32 Å². The summed E-state index contributed by atoms with van der Waals surface area (Å²) in [7, 11) is -0.727. The lowest BCUT2D eigenvalue weighted by molar-refractivity contribution is -0.137. The van der Waals surface area contributed by atoms with E-state index >= 15 is 0 Å². The predicted molar refractivity (Wildman–Crippen MR) is 122 cm³/mol. The Bertz CT molecular complexity index is 1220. The molecule has 0 atom stereocenters. The quantitative estimate of drug-likeness (QED) is 0.455. The number of nitrogens with zero attached hydrogens (tertiary/aromatic N) is 1. The average molecular weight is 458 g/mol. The number of aromatic amines is 1. The lowest BCUT2D eigenvalue weighted by Crippen LogP contribution is -2.22. The Kier molecular flexibility index (Phi) is 5.96. The van der Waals surface area contributed by atoms with Gasteiger partial charge in [-0.05, 0) is 67.5 Å². The maximum absolute atomic E-state index is 12.8. The lowest BCUT2D eigenvalue weighted by Gasteiger charge is -2.12. The van der Waals surface area contributed by atoms with Crippen LogP contribution in [-0.4, -0.2) is 48.8 Å². The number of H-pyrrole nitrogens is 1. The minimum atomic E-state index is -3.65. The van der Waals surface area contributed by atoms with Gasteiger partial charge in [0.1, 0.15) is 0 Å². The highest BCUT2D eigenvalue weighted by molar-refractivity contribution is 7.89. The molecule has 2 aromatic rings. The van der Waals surface area contributed by atoms with Crippen molar-refractivity contribution in [1.29, 1.82) is 0 Å². The number of rotatable bonds is 6. The SMILES string of the molecule is CN(C)S(=O)(=O)c1ccc2c(c1)/C(=C/c1[nH]c3c(c1CCC(=O)O)CCCCC3)C(=O)N2. The number of carbonyl (C=O) groups is 2. The second kappa shape index (κ2) is 8.55. The van der Waals surface area contributed by atoms with Crippen LogP contribution in [0.1, 0.15) is 53.8 Å². The fraction of sp³-hybridized carbons (Fsp3) is 0.391. The average Bonchev–Trinajstić information content (AvgIpc) is 3.11. The van der Waals surface area contributed by atoms with Crippen LogP contribution >= 0.6 is 0 Å². The number of amides is 1. The van der Waals surface area contributed by atoms with E-state index in [0.29, 0.717) is 23.2 Å². The number of carboxylic acid groups (broad SMARTS) is 1. The Morgan fingerprint density at radius 3 is 2.66 bits per heavy atom. The number of fused-ring (bicyclic) bond motifs is 2. The summed E-state index contributed by atoms with van der Waals surface area (Å²) in [6.45, 7) is 0. The molecule has 32 heavy (non-hydrogen) atoms. The van der Waals surface area contributed by atoms with Gasteiger partial charge in [0.05, 0.1) is 10.5 Å². The van der Waals surface area contributed by atoms with Gasteiger partial charge in [0, 0.05) is 43.2 Å². The first-order valence-corrected chi connectivity index (χ1v) is 12.2. The van der Waals surface area contributed by atoms with Crippen molar-refractivity contribution in [2.45, 2.75) is 49.8 Å². The monoisotopic (exact) mass is 457 g/mol. The molecule has 4 rings (SSSR count). The molecule has 1 aliphatic carbocycles. The number of carbonyl (C=O) groups excluding carboxylic acids is 1. The van der Waals surface area contributed by atoms with Crippen molar-refractivity contribution in [3.63, 3.8) is 0 Å². The van der Waals surface area contributed by atoms with Crippen LogP contribution in [0, 0.1) is 0 Å². The summed E-state index contributed by atoms with van der Waals surface area (Å²) >= 11 is 0. The van der Waals surface area contributed by atoms with E-state index in [2.05, 4.69) is 10.3 Å². The third-order valence-corrected chi connectivity index (χ3v) is 7.93. The molecule has 3 N–H and O–H groups in total. The Hall–Kier alpha value is -2.91. The fourth-order valence-corrected chi connectivity index (χ4v) is 5.35. The number of aryl methyl sites for hydroxylation is 1. The third-order valence-electron chi connectivity index (χ3n) is 6.12. The number of carboxylic acids is 1. The molecule has 1 aromatic carbocycles. The third kappa shape index (κ3) is 4.10. The number of anilines is 1. The van der Waals surface area contributed by atoms with Crippen LogP contribution in [0.5, 0.6) is 0 Å². The van der Waals surface area contributed by atoms with E-state index in [1.165, 1.54) is 26.2 Å². The number of aliphatic carboxylic acids is 1. The maximum Gasteiger partial charge on any atom is 0.303 e. The number of sulfonamides is 1. The van der Waals surface area contributed by atoms with Crippen molar-refractivity contribution in [1.82, 2.24) is 9.29 Å². The number of benzene rings is 1. The zero-order chi connectivity index (χ0) is 23.0. The second-order valence-electron chi connectivity index (χ2n) is 8.44. The lowest BCUT2D eigenvalue weighted by atomic mass is 9.98. The second-order valence-corrected chi connectivity index (χ2v) is 10.6. The molecule has 2 heterocycles. The van der Waals surface area contributed by atoms with Crippen molar-refractivity contribution in [3.8, 4) is 0 Å². The molecule has 8 nitrogen and oxygen atoms in total. The first-order chi connectivity index (χ1) is 15.2. The highest BCUT2D eigenvalue weighted by Crippen LogP contribution is 2.37. The number of hydrogen-bond acceptors (Lipinski definition) is 4. The molecule has 1 aliphatic heterocycles. The van der Waals surface area contributed by atoms with Gasteiger partial charge in [-0.1, -0.05) is 6.42 Å². The van der Waals surface area contributed by atoms with Crippen molar-refractivity contribution in [2.75, 3.05) is 19.4 Å². The van der Waals surface area contributed by atoms with Crippen LogP contribution in [0.25, 0.3) is 11.6 Å². The van der Waals surface area contributed by atoms with Gasteiger partial charge in [-0.2, -0.15) is 0 Å². The van der Waals surface area contributed by atoms with Crippen LogP contribution in [-0.2, 0) is 38.9 Å². The highest BCUT2D eigenvalue weighted by atomic mass is 32.2. The van der Waals surface area contributed by atoms with Gasteiger partial charge in [-0.3, -0.25) is 9.59 Å². The Labute approximate surface area is 187 Å². The summed E-state index contributed by atoms with van der Waals surface area (Å²) in [5.74, 6) is -1.18. The van der Waals surface area contributed by atoms with Gasteiger partial charge in [-0.15, -0.1) is 0 Å². The smallest absolute Gasteiger partial charge is 0.303 e. The summed E-state index contributed by atoms with van der Waals surface area (Å²) in [6.07, 6.45) is 7.16. The normalized spacial score (nSPS) is 17.2. The fourth-order valence-electron chi connectivity index (χ4n) is 4.42. The minimum absolute atomic E-state index is 0.00841. The van der Waals surface area contributed by atoms with Gasteiger partial charge < -0.3 is 15.4 Å². The van der Waals surface area contributed by atoms with Crippen LogP contribution in [0.2, 0.25) is 0 Å². The Morgan fingerprint density at radius 2 is 1.94 bits per heavy atom. The van der Waals surface area contributed by atoms with Crippen molar-refractivity contribution in [2.24, 2.45) is 0 Å². The Balaban J connectivity index is 1.81. The molecular weight excluding hydrogens is 430 g/mol. The largest absolute Gasteiger partial charge is 0.481 e. The summed E-state index contributed by atoms with van der Waals surface area (Å²) in [6, 6.07) is 4.59. The van der Waals surface area contributed by atoms with Crippen LogP contribution in [0.3, 0.4) is 0 Å². The predicted octanol–water partition coefficient (Wildman–Crippen LogP) is 3.04. The summed E-state index contributed by atoms with van der Waals surface area (Å²) in [5, 5.41) is 12.0. The topological polar surface area (TPSA) is 120 Å². The molecule has 9 heteroatoms. The molecule has 1 amide bonds. The van der Waals surface area contributed by atoms with E-state index in [1.54, 1.807) is 12.1 Å². The molecule has 0 fully saturated rings. The molecule has 170 valence electrons. The van der Waals surface area contributed by atoms with E-state index < -0.39 is 16.0 Å². The molecule has 0 spiro atoms. The maximum atomic E-state index is 12.8. The highest BCUT2D eigenvalue weighted by Gasteiger charge is 2.28. The van der Waals surface area contributed by atoms with Gasteiger partial charge in [0.2, 0.25) is 10.0 Å². The molecule has 0 bridgehead atoms. The molecular formula is C23H27N3O5S. The zero-order valence-corrected chi connectivity index (χ0v) is 19.0. The summed E-state index contributed by atoms with van der Waals surface area (Å²) in [5.41, 5.74) is 5.39. The van der Waals surface area contributed by atoms with Crippen LogP contribution in [0.4, 0.5) is 5.69 Å². The number of hydrogen-bond donors (Lipinski definition) is 3. The Morgan fingerprint density at radius 1 is 1.19 bits per heavy atom. The van der Waals surface area contributed by atoms with E-state index in [-0.39, 0.29) is 17.2 Å². The van der Waals surface area contributed by atoms with E-state index in [9.17, 15) is 23.1 Å². The van der Waals surface area contributed by atoms with Crippen molar-refractivity contribution >= 4 is 39.2 Å². The van der Waals surface area contributed by atoms with Gasteiger partial charge in [0.15, 0.2) is 0 Å². The molecule has 0 radical (unpaired) electrons. The van der Waals surface area contributed by atoms with Gasteiger partial charge in [-0.25, -0.2) is 12.7 Å². The van der Waals surface area contributed by atoms with E-state index in [4.69, 9.17) is 0 Å². The summed E-state index contributed by atoms with van der Waals surface area (Å²) in [4.78, 5) is 27.5. The van der Waals surface area contributed by atoms with Crippen LogP contribution in [0.15, 0.2) is 23.1 Å². The molecule has 1 aromatic heterocycles.